The van der Waals surface area contributed by atoms with Crippen molar-refractivity contribution < 1.29 is 19.1 Å². The van der Waals surface area contributed by atoms with Crippen LogP contribution < -0.4 is 14.8 Å². The molecule has 148 valence electrons. The maximum Gasteiger partial charge on any atom is 0.253 e. The maximum absolute atomic E-state index is 12.4. The van der Waals surface area contributed by atoms with Gasteiger partial charge in [0.25, 0.3) is 5.91 Å². The number of anilines is 1. The van der Waals surface area contributed by atoms with Crippen molar-refractivity contribution in [1.29, 1.82) is 0 Å². The Labute approximate surface area is 165 Å². The van der Waals surface area contributed by atoms with Gasteiger partial charge in [-0.2, -0.15) is 0 Å². The van der Waals surface area contributed by atoms with Crippen molar-refractivity contribution in [3.63, 3.8) is 0 Å². The fraction of sp³-hybridized carbons (Fsp3) is 0.273. The highest BCUT2D eigenvalue weighted by atomic mass is 16.5. The summed E-state index contributed by atoms with van der Waals surface area (Å²) in [5.74, 6) is 0.871. The lowest BCUT2D eigenvalue weighted by molar-refractivity contribution is -0.111. The molecular formula is C22H26N2O4. The fourth-order valence-electron chi connectivity index (χ4n) is 2.74. The number of ether oxygens (including phenoxy) is 2. The number of hydrogen-bond donors (Lipinski definition) is 1. The Bertz CT molecular complexity index is 857. The molecule has 2 aromatic carbocycles. The van der Waals surface area contributed by atoms with Crippen LogP contribution in [-0.4, -0.2) is 44.0 Å². The third kappa shape index (κ3) is 5.36. The molecule has 2 aromatic rings. The van der Waals surface area contributed by atoms with Crippen LogP contribution in [0.15, 0.2) is 48.5 Å². The number of amides is 2. The SMILES string of the molecule is CCN(CC)C(=O)c1cccc(NC(=O)C=Cc2ccc(OC)c(OC)c2)c1. The largest absolute Gasteiger partial charge is 0.493 e. The minimum atomic E-state index is -0.290. The second-order valence-electron chi connectivity index (χ2n) is 6.00. The van der Waals surface area contributed by atoms with Crippen molar-refractivity contribution >= 4 is 23.6 Å². The van der Waals surface area contributed by atoms with E-state index in [2.05, 4.69) is 5.32 Å². The average molecular weight is 382 g/mol. The van der Waals surface area contributed by atoms with Crippen molar-refractivity contribution in [2.75, 3.05) is 32.6 Å². The van der Waals surface area contributed by atoms with Crippen molar-refractivity contribution in [1.82, 2.24) is 4.90 Å². The van der Waals surface area contributed by atoms with Crippen LogP contribution in [0.5, 0.6) is 11.5 Å². The Kier molecular flexibility index (Phi) is 7.63. The van der Waals surface area contributed by atoms with Crippen LogP contribution in [-0.2, 0) is 4.79 Å². The van der Waals surface area contributed by atoms with Gasteiger partial charge in [0.1, 0.15) is 0 Å². The first kappa shape index (κ1) is 21.0. The molecule has 0 aliphatic rings. The van der Waals surface area contributed by atoms with Gasteiger partial charge in [0.2, 0.25) is 5.91 Å². The van der Waals surface area contributed by atoms with Crippen molar-refractivity contribution in [2.24, 2.45) is 0 Å². The summed E-state index contributed by atoms with van der Waals surface area (Å²) >= 11 is 0. The van der Waals surface area contributed by atoms with Crippen molar-refractivity contribution in [3.05, 3.63) is 59.7 Å². The highest BCUT2D eigenvalue weighted by Crippen LogP contribution is 2.28. The molecule has 0 saturated carbocycles. The molecule has 0 heterocycles. The molecule has 0 aliphatic heterocycles. The van der Waals surface area contributed by atoms with Gasteiger partial charge in [0.15, 0.2) is 11.5 Å². The summed E-state index contributed by atoms with van der Waals surface area (Å²) in [5, 5.41) is 2.78. The number of benzene rings is 2. The Morgan fingerprint density at radius 2 is 1.71 bits per heavy atom. The van der Waals surface area contributed by atoms with Crippen LogP contribution in [0.2, 0.25) is 0 Å². The third-order valence-corrected chi connectivity index (χ3v) is 4.26. The Morgan fingerprint density at radius 3 is 2.36 bits per heavy atom. The van der Waals surface area contributed by atoms with Crippen LogP contribution in [0.4, 0.5) is 5.69 Å². The normalized spacial score (nSPS) is 10.6. The molecule has 0 aliphatic carbocycles. The zero-order chi connectivity index (χ0) is 20.5. The van der Waals surface area contributed by atoms with Gasteiger partial charge < -0.3 is 19.7 Å². The second-order valence-corrected chi connectivity index (χ2v) is 6.00. The van der Waals surface area contributed by atoms with E-state index >= 15 is 0 Å². The van der Waals surface area contributed by atoms with Gasteiger partial charge >= 0.3 is 0 Å². The molecule has 0 aromatic heterocycles. The van der Waals surface area contributed by atoms with Crippen LogP contribution in [0.1, 0.15) is 29.8 Å². The molecule has 6 nitrogen and oxygen atoms in total. The fourth-order valence-corrected chi connectivity index (χ4v) is 2.74. The van der Waals surface area contributed by atoms with Gasteiger partial charge in [-0.05, 0) is 55.8 Å². The van der Waals surface area contributed by atoms with Crippen molar-refractivity contribution in [2.45, 2.75) is 13.8 Å². The Hall–Kier alpha value is -3.28. The average Bonchev–Trinajstić information content (AvgIpc) is 2.73. The summed E-state index contributed by atoms with van der Waals surface area (Å²) in [7, 11) is 3.13. The number of rotatable bonds is 8. The van der Waals surface area contributed by atoms with Crippen LogP contribution in [0.25, 0.3) is 6.08 Å². The van der Waals surface area contributed by atoms with Crippen LogP contribution in [0, 0.1) is 0 Å². The molecular weight excluding hydrogens is 356 g/mol. The van der Waals surface area contributed by atoms with E-state index in [0.717, 1.165) is 5.56 Å². The number of nitrogens with one attached hydrogen (secondary N) is 1. The monoisotopic (exact) mass is 382 g/mol. The van der Waals surface area contributed by atoms with Gasteiger partial charge in [0.05, 0.1) is 14.2 Å². The number of hydrogen-bond acceptors (Lipinski definition) is 4. The molecule has 0 bridgehead atoms. The number of carbonyl (C=O) groups excluding carboxylic acids is 2. The van der Waals surface area contributed by atoms with E-state index < -0.39 is 0 Å². The van der Waals surface area contributed by atoms with E-state index in [-0.39, 0.29) is 11.8 Å². The topological polar surface area (TPSA) is 67.9 Å². The highest BCUT2D eigenvalue weighted by molar-refractivity contribution is 6.03. The number of carbonyl (C=O) groups is 2. The molecule has 0 fully saturated rings. The zero-order valence-electron chi connectivity index (χ0n) is 16.7. The first-order valence-corrected chi connectivity index (χ1v) is 9.12. The molecule has 0 saturated heterocycles. The summed E-state index contributed by atoms with van der Waals surface area (Å²) in [4.78, 5) is 26.4. The lowest BCUT2D eigenvalue weighted by atomic mass is 10.1. The van der Waals surface area contributed by atoms with E-state index in [4.69, 9.17) is 9.47 Å². The summed E-state index contributed by atoms with van der Waals surface area (Å²) in [5.41, 5.74) is 1.92. The predicted molar refractivity (Wildman–Crippen MR) is 111 cm³/mol. The Balaban J connectivity index is 2.08. The van der Waals surface area contributed by atoms with Gasteiger partial charge in [-0.3, -0.25) is 9.59 Å². The van der Waals surface area contributed by atoms with Gasteiger partial charge in [-0.15, -0.1) is 0 Å². The zero-order valence-corrected chi connectivity index (χ0v) is 16.7. The predicted octanol–water partition coefficient (Wildman–Crippen LogP) is 3.84. The standard InChI is InChI=1S/C22H26N2O4/c1-5-24(6-2)22(26)17-8-7-9-18(15-17)23-21(25)13-11-16-10-12-19(27-3)20(14-16)28-4/h7-15H,5-6H2,1-4H3,(H,23,25). The summed E-state index contributed by atoms with van der Waals surface area (Å²) in [6.45, 7) is 5.15. The van der Waals surface area contributed by atoms with E-state index in [1.165, 1.54) is 6.08 Å². The molecule has 28 heavy (non-hydrogen) atoms. The summed E-state index contributed by atoms with van der Waals surface area (Å²) in [6, 6.07) is 12.3. The van der Waals surface area contributed by atoms with E-state index in [9.17, 15) is 9.59 Å². The first-order chi connectivity index (χ1) is 13.5. The highest BCUT2D eigenvalue weighted by Gasteiger charge is 2.13. The molecule has 2 amide bonds. The smallest absolute Gasteiger partial charge is 0.253 e. The molecule has 0 atom stereocenters. The molecule has 0 radical (unpaired) electrons. The molecule has 6 heteroatoms. The maximum atomic E-state index is 12.4. The van der Waals surface area contributed by atoms with Crippen molar-refractivity contribution in [3.8, 4) is 11.5 Å². The second kappa shape index (κ2) is 10.2. The summed E-state index contributed by atoms with van der Waals surface area (Å²) in [6.07, 6.45) is 3.11. The van der Waals surface area contributed by atoms with E-state index in [0.29, 0.717) is 35.8 Å². The number of nitrogens with zero attached hydrogens (tertiary/aromatic N) is 1. The van der Waals surface area contributed by atoms with E-state index in [1.54, 1.807) is 61.6 Å². The molecule has 0 unspecified atom stereocenters. The summed E-state index contributed by atoms with van der Waals surface area (Å²) < 4.78 is 10.5. The van der Waals surface area contributed by atoms with E-state index in [1.807, 2.05) is 19.9 Å². The third-order valence-electron chi connectivity index (χ3n) is 4.26. The minimum absolute atomic E-state index is 0.0537. The number of methoxy groups -OCH3 is 2. The van der Waals surface area contributed by atoms with Gasteiger partial charge in [-0.1, -0.05) is 12.1 Å². The quantitative estimate of drug-likeness (QED) is 0.705. The van der Waals surface area contributed by atoms with Crippen LogP contribution in [0.3, 0.4) is 0 Å². The lowest BCUT2D eigenvalue weighted by Gasteiger charge is -2.18. The first-order valence-electron chi connectivity index (χ1n) is 9.12. The molecule has 1 N–H and O–H groups in total. The minimum Gasteiger partial charge on any atom is -0.493 e. The Morgan fingerprint density at radius 1 is 1.00 bits per heavy atom. The molecule has 2 rings (SSSR count). The van der Waals surface area contributed by atoms with Gasteiger partial charge in [0, 0.05) is 30.4 Å². The van der Waals surface area contributed by atoms with Crippen LogP contribution >= 0.6 is 0 Å². The molecule has 0 spiro atoms. The lowest BCUT2D eigenvalue weighted by Crippen LogP contribution is -2.30. The van der Waals surface area contributed by atoms with Gasteiger partial charge in [-0.25, -0.2) is 0 Å².